The summed E-state index contributed by atoms with van der Waals surface area (Å²) >= 11 is 0. The second-order valence-corrected chi connectivity index (χ2v) is 4.84. The molecular formula is C17H19N3O. The van der Waals surface area contributed by atoms with Crippen LogP contribution in [0.1, 0.15) is 29.3 Å². The first kappa shape index (κ1) is 15.0. The summed E-state index contributed by atoms with van der Waals surface area (Å²) in [6.07, 6.45) is 1.63. The maximum absolute atomic E-state index is 8.86. The average molecular weight is 281 g/mol. The largest absolute Gasteiger partial charge is 0.489 e. The molecule has 0 aliphatic carbocycles. The van der Waals surface area contributed by atoms with E-state index in [9.17, 15) is 0 Å². The molecular weight excluding hydrogens is 262 g/mol. The first-order valence-corrected chi connectivity index (χ1v) is 7.01. The van der Waals surface area contributed by atoms with E-state index >= 15 is 0 Å². The lowest BCUT2D eigenvalue weighted by atomic mass is 10.1. The van der Waals surface area contributed by atoms with Crippen LogP contribution in [0.25, 0.3) is 0 Å². The maximum Gasteiger partial charge on any atom is 0.140 e. The number of rotatable bonds is 6. The highest BCUT2D eigenvalue weighted by molar-refractivity contribution is 5.37. The Balaban J connectivity index is 2.10. The van der Waals surface area contributed by atoms with Gasteiger partial charge >= 0.3 is 0 Å². The number of ether oxygens (including phenoxy) is 1. The third-order valence-corrected chi connectivity index (χ3v) is 3.11. The van der Waals surface area contributed by atoms with Crippen molar-refractivity contribution < 1.29 is 4.74 Å². The Morgan fingerprint density at radius 2 is 2.14 bits per heavy atom. The summed E-state index contributed by atoms with van der Waals surface area (Å²) in [6, 6.07) is 11.8. The lowest BCUT2D eigenvalue weighted by molar-refractivity contribution is 0.302. The monoisotopic (exact) mass is 281 g/mol. The molecule has 0 atom stereocenters. The topological polar surface area (TPSA) is 57.9 Å². The average Bonchev–Trinajstić information content (AvgIpc) is 2.52. The molecule has 1 heterocycles. The molecule has 2 rings (SSSR count). The van der Waals surface area contributed by atoms with E-state index in [4.69, 9.17) is 10.00 Å². The third kappa shape index (κ3) is 4.30. The minimum Gasteiger partial charge on any atom is -0.489 e. The van der Waals surface area contributed by atoms with Crippen molar-refractivity contribution in [3.63, 3.8) is 0 Å². The second-order valence-electron chi connectivity index (χ2n) is 4.84. The van der Waals surface area contributed by atoms with E-state index in [1.165, 1.54) is 5.56 Å². The highest BCUT2D eigenvalue weighted by Gasteiger charge is 2.05. The van der Waals surface area contributed by atoms with Crippen LogP contribution in [0.15, 0.2) is 36.5 Å². The molecule has 0 saturated carbocycles. The van der Waals surface area contributed by atoms with Crippen molar-refractivity contribution in [1.29, 1.82) is 5.26 Å². The molecule has 0 spiro atoms. The Kier molecular flexibility index (Phi) is 5.30. The van der Waals surface area contributed by atoms with E-state index in [2.05, 4.69) is 30.2 Å². The van der Waals surface area contributed by atoms with Crippen LogP contribution in [0, 0.1) is 18.3 Å². The highest BCUT2D eigenvalue weighted by Crippen LogP contribution is 2.21. The summed E-state index contributed by atoms with van der Waals surface area (Å²) < 4.78 is 5.90. The standard InChI is InChI=1S/C17H19N3O/c1-3-19-11-15-8-13(2)4-5-17(15)21-12-14-6-7-20-16(9-14)10-18/h4-9,19H,3,11-12H2,1-2H3. The van der Waals surface area contributed by atoms with Gasteiger partial charge in [-0.3, -0.25) is 0 Å². The number of nitrogens with one attached hydrogen (secondary N) is 1. The van der Waals surface area contributed by atoms with Crippen LogP contribution in [-0.4, -0.2) is 11.5 Å². The van der Waals surface area contributed by atoms with Gasteiger partial charge in [0.1, 0.15) is 24.1 Å². The minimum atomic E-state index is 0.410. The fourth-order valence-corrected chi connectivity index (χ4v) is 2.03. The molecule has 0 radical (unpaired) electrons. The molecule has 1 aromatic heterocycles. The smallest absolute Gasteiger partial charge is 0.140 e. The van der Waals surface area contributed by atoms with Crippen molar-refractivity contribution in [3.8, 4) is 11.8 Å². The van der Waals surface area contributed by atoms with Gasteiger partial charge in [0.15, 0.2) is 0 Å². The first-order valence-electron chi connectivity index (χ1n) is 7.01. The Labute approximate surface area is 125 Å². The molecule has 2 aromatic rings. The number of hydrogen-bond acceptors (Lipinski definition) is 4. The number of nitrogens with zero attached hydrogens (tertiary/aromatic N) is 2. The zero-order valence-corrected chi connectivity index (χ0v) is 12.4. The van der Waals surface area contributed by atoms with Gasteiger partial charge in [-0.25, -0.2) is 4.98 Å². The number of pyridine rings is 1. The highest BCUT2D eigenvalue weighted by atomic mass is 16.5. The molecule has 0 unspecified atom stereocenters. The normalized spacial score (nSPS) is 10.1. The minimum absolute atomic E-state index is 0.410. The Morgan fingerprint density at radius 3 is 2.90 bits per heavy atom. The van der Waals surface area contributed by atoms with Gasteiger partial charge in [0.2, 0.25) is 0 Å². The van der Waals surface area contributed by atoms with Gasteiger partial charge in [0, 0.05) is 18.3 Å². The SMILES string of the molecule is CCNCc1cc(C)ccc1OCc1ccnc(C#N)c1. The van der Waals surface area contributed by atoms with Gasteiger partial charge in [-0.15, -0.1) is 0 Å². The first-order chi connectivity index (χ1) is 10.2. The van der Waals surface area contributed by atoms with E-state index in [0.29, 0.717) is 12.3 Å². The summed E-state index contributed by atoms with van der Waals surface area (Å²) in [4.78, 5) is 3.96. The van der Waals surface area contributed by atoms with Crippen molar-refractivity contribution in [2.45, 2.75) is 27.0 Å². The second kappa shape index (κ2) is 7.41. The lowest BCUT2D eigenvalue weighted by Gasteiger charge is -2.13. The van der Waals surface area contributed by atoms with Gasteiger partial charge in [-0.05, 0) is 37.2 Å². The zero-order chi connectivity index (χ0) is 15.1. The van der Waals surface area contributed by atoms with Gasteiger partial charge in [0.25, 0.3) is 0 Å². The fourth-order valence-electron chi connectivity index (χ4n) is 2.03. The van der Waals surface area contributed by atoms with Crippen molar-refractivity contribution in [1.82, 2.24) is 10.3 Å². The summed E-state index contributed by atoms with van der Waals surface area (Å²) in [6.45, 7) is 6.29. The number of aromatic nitrogens is 1. The van der Waals surface area contributed by atoms with Crippen molar-refractivity contribution in [3.05, 3.63) is 58.9 Å². The Bertz CT molecular complexity index is 647. The van der Waals surface area contributed by atoms with Crippen LogP contribution in [0.5, 0.6) is 5.75 Å². The quantitative estimate of drug-likeness (QED) is 0.884. The van der Waals surface area contributed by atoms with E-state index in [-0.39, 0.29) is 0 Å². The van der Waals surface area contributed by atoms with Crippen LogP contribution in [0.3, 0.4) is 0 Å². The van der Waals surface area contributed by atoms with Crippen molar-refractivity contribution in [2.75, 3.05) is 6.54 Å². The molecule has 1 N–H and O–H groups in total. The maximum atomic E-state index is 8.86. The number of benzene rings is 1. The van der Waals surface area contributed by atoms with Crippen LogP contribution in [0.2, 0.25) is 0 Å². The van der Waals surface area contributed by atoms with Gasteiger partial charge in [0.05, 0.1) is 0 Å². The summed E-state index contributed by atoms with van der Waals surface area (Å²) in [5.41, 5.74) is 3.71. The summed E-state index contributed by atoms with van der Waals surface area (Å²) in [5, 5.41) is 12.2. The van der Waals surface area contributed by atoms with E-state index in [0.717, 1.165) is 30.0 Å². The van der Waals surface area contributed by atoms with E-state index < -0.39 is 0 Å². The molecule has 1 aromatic carbocycles. The van der Waals surface area contributed by atoms with Gasteiger partial charge in [-0.2, -0.15) is 5.26 Å². The van der Waals surface area contributed by atoms with Crippen LogP contribution in [-0.2, 0) is 13.2 Å². The lowest BCUT2D eigenvalue weighted by Crippen LogP contribution is -2.13. The molecule has 0 aliphatic heterocycles. The summed E-state index contributed by atoms with van der Waals surface area (Å²) in [7, 11) is 0. The molecule has 0 aliphatic rings. The van der Waals surface area contributed by atoms with Crippen LogP contribution in [0.4, 0.5) is 0 Å². The molecule has 4 heteroatoms. The number of aryl methyl sites for hydroxylation is 1. The van der Waals surface area contributed by atoms with E-state index in [1.54, 1.807) is 12.3 Å². The molecule has 0 fully saturated rings. The Morgan fingerprint density at radius 1 is 1.29 bits per heavy atom. The molecule has 0 bridgehead atoms. The Hall–Kier alpha value is -2.38. The number of nitriles is 1. The predicted molar refractivity (Wildman–Crippen MR) is 81.8 cm³/mol. The molecule has 0 saturated heterocycles. The van der Waals surface area contributed by atoms with Crippen molar-refractivity contribution >= 4 is 0 Å². The number of hydrogen-bond donors (Lipinski definition) is 1. The molecule has 21 heavy (non-hydrogen) atoms. The molecule has 0 amide bonds. The predicted octanol–water partition coefficient (Wildman–Crippen LogP) is 2.95. The third-order valence-electron chi connectivity index (χ3n) is 3.11. The van der Waals surface area contributed by atoms with Crippen LogP contribution < -0.4 is 10.1 Å². The van der Waals surface area contributed by atoms with Gasteiger partial charge in [-0.1, -0.05) is 24.6 Å². The fraction of sp³-hybridized carbons (Fsp3) is 0.294. The molecule has 108 valence electrons. The molecule has 4 nitrogen and oxygen atoms in total. The van der Waals surface area contributed by atoms with Gasteiger partial charge < -0.3 is 10.1 Å². The summed E-state index contributed by atoms with van der Waals surface area (Å²) in [5.74, 6) is 0.872. The van der Waals surface area contributed by atoms with E-state index in [1.807, 2.05) is 24.3 Å². The van der Waals surface area contributed by atoms with Crippen molar-refractivity contribution in [2.24, 2.45) is 0 Å². The van der Waals surface area contributed by atoms with Crippen LogP contribution >= 0.6 is 0 Å². The zero-order valence-electron chi connectivity index (χ0n) is 12.4.